The molecule has 91 heavy (non-hydrogen) atoms. The Labute approximate surface area is 507 Å². The molecule has 1 atom stereocenters. The summed E-state index contributed by atoms with van der Waals surface area (Å²) < 4.78 is 44.0. The summed E-state index contributed by atoms with van der Waals surface area (Å²) in [6.07, 6.45) is 7.90. The minimum absolute atomic E-state index is 0.109. The third kappa shape index (κ3) is 17.7. The van der Waals surface area contributed by atoms with E-state index in [9.17, 15) is 91.1 Å². The number of carbonyl (C=O) groups is 19. The van der Waals surface area contributed by atoms with Crippen LogP contribution in [0.2, 0.25) is 0 Å². The summed E-state index contributed by atoms with van der Waals surface area (Å²) in [5.41, 5.74) is 3.65. The molecule has 2 saturated heterocycles. The van der Waals surface area contributed by atoms with Gasteiger partial charge < -0.3 is 52.5 Å². The second kappa shape index (κ2) is 29.6. The van der Waals surface area contributed by atoms with Gasteiger partial charge in [-0.1, -0.05) is 42.5 Å². The maximum absolute atomic E-state index is 11.5. The van der Waals surface area contributed by atoms with E-state index >= 15 is 0 Å². The zero-order chi connectivity index (χ0) is 66.2. The molecule has 0 radical (unpaired) electrons. The van der Waals surface area contributed by atoms with Crippen molar-refractivity contribution < 1.29 is 144 Å². The number of hydrogen-bond donors (Lipinski definition) is 1. The Bertz CT molecular complexity index is 3850. The minimum Gasteiger partial charge on any atom is -0.481 e. The van der Waals surface area contributed by atoms with E-state index in [0.717, 1.165) is 49.5 Å². The van der Waals surface area contributed by atoms with Gasteiger partial charge in [0.25, 0.3) is 0 Å². The van der Waals surface area contributed by atoms with Gasteiger partial charge in [-0.25, -0.2) is 67.1 Å². The Hall–Kier alpha value is -12.6. The van der Waals surface area contributed by atoms with Crippen molar-refractivity contribution in [2.24, 2.45) is 0 Å². The average Bonchev–Trinajstić information content (AvgIpc) is 1.84. The quantitative estimate of drug-likeness (QED) is 0.166. The van der Waals surface area contributed by atoms with E-state index in [1.165, 1.54) is 49.4 Å². The lowest BCUT2D eigenvalue weighted by molar-refractivity contribution is -0.154. The Morgan fingerprint density at radius 3 is 1.20 bits per heavy atom. The van der Waals surface area contributed by atoms with E-state index < -0.39 is 126 Å². The van der Waals surface area contributed by atoms with Crippen molar-refractivity contribution in [1.29, 1.82) is 0 Å². The number of carbonyl (C=O) groups excluding carboxylic acids is 18. The van der Waals surface area contributed by atoms with Crippen LogP contribution in [-0.4, -0.2) is 119 Å². The first-order valence-corrected chi connectivity index (χ1v) is 26.2. The van der Waals surface area contributed by atoms with Crippen molar-refractivity contribution in [2.45, 2.75) is 64.2 Å². The molecule has 1 aliphatic carbocycles. The van der Waals surface area contributed by atoms with Crippen molar-refractivity contribution in [3.63, 3.8) is 0 Å². The van der Waals surface area contributed by atoms with Crippen molar-refractivity contribution in [3.05, 3.63) is 177 Å². The van der Waals surface area contributed by atoms with Gasteiger partial charge in [0.15, 0.2) is 0 Å². The van der Waals surface area contributed by atoms with Gasteiger partial charge in [0.2, 0.25) is 0 Å². The molecule has 464 valence electrons. The Morgan fingerprint density at radius 1 is 0.418 bits per heavy atom. The fraction of sp³-hybridized carbons (Fsp3) is 0.164. The molecule has 4 aromatic carbocycles. The molecule has 0 bridgehead atoms. The molecule has 1 N–H and O–H groups in total. The molecule has 30 heteroatoms. The molecule has 0 saturated carbocycles. The fourth-order valence-corrected chi connectivity index (χ4v) is 8.25. The first-order chi connectivity index (χ1) is 43.2. The van der Waals surface area contributed by atoms with Crippen LogP contribution >= 0.6 is 0 Å². The molecule has 0 spiro atoms. The van der Waals surface area contributed by atoms with Crippen LogP contribution in [0.1, 0.15) is 132 Å². The lowest BCUT2D eigenvalue weighted by Gasteiger charge is -2.07. The molecular weight excluding hydrogens is 1210 g/mol. The normalized spacial score (nSPS) is 18.0. The number of hydrogen-bond acceptors (Lipinski definition) is 29. The number of rotatable bonds is 5. The molecule has 4 aromatic rings. The first-order valence-electron chi connectivity index (χ1n) is 26.2. The summed E-state index contributed by atoms with van der Waals surface area (Å²) >= 11 is 0. The highest BCUT2D eigenvalue weighted by Gasteiger charge is 2.36. The van der Waals surface area contributed by atoms with Crippen molar-refractivity contribution >= 4 is 113 Å². The maximum Gasteiger partial charge on any atom is 0.347 e. The van der Waals surface area contributed by atoms with E-state index in [0.29, 0.717) is 27.8 Å². The SMILES string of the molecule is CC1=CC(=O)OC1=O.O=C(O)CC1=CC(=O)OC1=O.O=C1C=CC(=O)O1.O=C1CC(c2ccccc2)C(=O)O1.O=C1CCC(=O)O1.O=C1OC(=O)C2=C1CCCC2.O=C1OC(=O)c2cc(Oc3ccc4c(c3)C(=O)OC4=O)ccc21.O=C1OC(=O)c2ccccc21. The standard InChI is InChI=1S/C16H6O7.C10H8O3.C8H8O3.C8H4O3.C6H4O5.C5H4O3.C4H4O3.C4H2O3/c17-13-9-3-1-7(5-11(9)15(19)22-13)21-8-2-4-10-12(6-8)16(20)23-14(10)18;11-9-6-8(10(12)13-9)7-4-2-1-3-5-7;2*9-7-5-3-1-2-4-6(5)8(10)11-7;7-4(8)1-3-2-5(9)11-6(3)10;1-3-2-4(6)8-5(3)7;2*5-3-1-2-4(6)7-3/h1-6H;1-5,8H,6H2;1-4H2;1-4H;2H,1H2,(H,7,8);2H,1H3;1-2H2;1-2H. The number of fused-ring (bicyclic) bond motifs is 3. The van der Waals surface area contributed by atoms with Crippen LogP contribution in [0.15, 0.2) is 138 Å². The number of aliphatic carboxylic acids is 1. The van der Waals surface area contributed by atoms with E-state index in [1.807, 2.05) is 30.3 Å². The van der Waals surface area contributed by atoms with E-state index in [2.05, 4.69) is 42.6 Å². The molecule has 0 amide bonds. The van der Waals surface area contributed by atoms with Crippen LogP contribution in [0, 0.1) is 0 Å². The molecule has 10 aliphatic rings. The van der Waals surface area contributed by atoms with Crippen molar-refractivity contribution in [1.82, 2.24) is 0 Å². The summed E-state index contributed by atoms with van der Waals surface area (Å²) in [5.74, 6) is -11.4. The molecule has 14 rings (SSSR count). The van der Waals surface area contributed by atoms with Crippen LogP contribution in [-0.2, 0) is 105 Å². The zero-order valence-electron chi connectivity index (χ0n) is 46.5. The molecule has 9 aliphatic heterocycles. The van der Waals surface area contributed by atoms with E-state index in [1.54, 1.807) is 24.3 Å². The minimum atomic E-state index is -1.16. The van der Waals surface area contributed by atoms with Crippen LogP contribution in [0.3, 0.4) is 0 Å². The Morgan fingerprint density at radius 2 is 0.846 bits per heavy atom. The molecular formula is C61H40O30. The van der Waals surface area contributed by atoms with Gasteiger partial charge in [-0.15, -0.1) is 0 Å². The topological polar surface area (TPSA) is 437 Å². The molecule has 9 heterocycles. The number of ether oxygens (including phenoxy) is 10. The Balaban J connectivity index is 0.000000153. The highest BCUT2D eigenvalue weighted by atomic mass is 16.6. The summed E-state index contributed by atoms with van der Waals surface area (Å²) in [4.78, 5) is 202. The molecule has 30 nitrogen and oxygen atoms in total. The summed E-state index contributed by atoms with van der Waals surface area (Å²) in [6.45, 7) is 1.53. The monoisotopic (exact) mass is 1250 g/mol. The van der Waals surface area contributed by atoms with Gasteiger partial charge in [0, 0.05) is 41.0 Å². The molecule has 1 unspecified atom stereocenters. The fourth-order valence-electron chi connectivity index (χ4n) is 8.25. The van der Waals surface area contributed by atoms with Crippen molar-refractivity contribution in [2.75, 3.05) is 0 Å². The highest BCUT2D eigenvalue weighted by molar-refractivity contribution is 6.17. The zero-order valence-corrected chi connectivity index (χ0v) is 46.5. The number of carboxylic acids is 1. The summed E-state index contributed by atoms with van der Waals surface area (Å²) in [6, 6.07) is 24.3. The lowest BCUT2D eigenvalue weighted by Crippen LogP contribution is -2.05. The first kappa shape index (κ1) is 65.9. The van der Waals surface area contributed by atoms with Crippen LogP contribution in [0.5, 0.6) is 11.5 Å². The van der Waals surface area contributed by atoms with Gasteiger partial charge in [-0.05, 0) is 86.7 Å². The number of cyclic esters (lactones) is 18. The number of carboxylic acid groups (broad SMARTS) is 1. The molecule has 0 aromatic heterocycles. The van der Waals surface area contributed by atoms with Gasteiger partial charge in [0.05, 0.1) is 70.6 Å². The smallest absolute Gasteiger partial charge is 0.347 e. The van der Waals surface area contributed by atoms with Crippen molar-refractivity contribution in [3.8, 4) is 11.5 Å². The second-order valence-corrected chi connectivity index (χ2v) is 18.8. The average molecular weight is 1250 g/mol. The predicted molar refractivity (Wildman–Crippen MR) is 287 cm³/mol. The molecule has 2 fully saturated rings. The predicted octanol–water partition coefficient (Wildman–Crippen LogP) is 4.24. The largest absolute Gasteiger partial charge is 0.481 e. The van der Waals surface area contributed by atoms with Crippen LogP contribution < -0.4 is 4.74 Å². The van der Waals surface area contributed by atoms with Crippen LogP contribution in [0.25, 0.3) is 0 Å². The van der Waals surface area contributed by atoms with E-state index in [-0.39, 0.29) is 58.6 Å². The Kier molecular flexibility index (Phi) is 21.5. The number of benzene rings is 4. The second-order valence-electron chi connectivity index (χ2n) is 18.8. The third-order valence-corrected chi connectivity index (χ3v) is 12.5. The highest BCUT2D eigenvalue weighted by Crippen LogP contribution is 2.33. The van der Waals surface area contributed by atoms with Gasteiger partial charge in [0.1, 0.15) is 11.5 Å². The van der Waals surface area contributed by atoms with Gasteiger partial charge in [-0.2, -0.15) is 0 Å². The summed E-state index contributed by atoms with van der Waals surface area (Å²) in [7, 11) is 0. The summed E-state index contributed by atoms with van der Waals surface area (Å²) in [5, 5.41) is 8.22. The van der Waals surface area contributed by atoms with Gasteiger partial charge in [-0.3, -0.25) is 24.0 Å². The van der Waals surface area contributed by atoms with E-state index in [4.69, 9.17) is 9.84 Å². The van der Waals surface area contributed by atoms with Gasteiger partial charge >= 0.3 is 113 Å². The number of esters is 18. The third-order valence-electron chi connectivity index (χ3n) is 12.5. The lowest BCUT2D eigenvalue weighted by atomic mass is 9.93. The van der Waals surface area contributed by atoms with Crippen LogP contribution in [0.4, 0.5) is 0 Å². The maximum atomic E-state index is 11.5.